The van der Waals surface area contributed by atoms with Gasteiger partial charge < -0.3 is 5.32 Å². The third-order valence-corrected chi connectivity index (χ3v) is 3.24. The lowest BCUT2D eigenvalue weighted by Crippen LogP contribution is -2.06. The largest absolute Gasteiger partial charge is 0.369 e. The van der Waals surface area contributed by atoms with Crippen molar-refractivity contribution in [3.05, 3.63) is 44.5 Å². The molecule has 7 heteroatoms. The van der Waals surface area contributed by atoms with Crippen LogP contribution in [0, 0.1) is 17.0 Å². The summed E-state index contributed by atoms with van der Waals surface area (Å²) in [7, 11) is 0. The minimum atomic E-state index is -0.400. The summed E-state index contributed by atoms with van der Waals surface area (Å²) >= 11 is 1.59. The van der Waals surface area contributed by atoms with Crippen LogP contribution in [-0.4, -0.2) is 21.4 Å². The minimum absolute atomic E-state index is 0.0850. The Kier molecular flexibility index (Phi) is 3.83. The number of nitro groups is 1. The molecule has 0 fully saturated rings. The molecule has 0 unspecified atom stereocenters. The molecule has 2 rings (SSSR count). The van der Waals surface area contributed by atoms with Gasteiger partial charge in [0.1, 0.15) is 5.82 Å². The van der Waals surface area contributed by atoms with Crippen molar-refractivity contribution >= 4 is 22.8 Å². The third kappa shape index (κ3) is 3.01. The van der Waals surface area contributed by atoms with Crippen LogP contribution in [0.15, 0.2) is 23.8 Å². The number of anilines is 1. The zero-order valence-corrected chi connectivity index (χ0v) is 10.6. The summed E-state index contributed by atoms with van der Waals surface area (Å²) in [5.41, 5.74) is 0.646. The molecule has 2 heterocycles. The van der Waals surface area contributed by atoms with E-state index in [4.69, 9.17) is 0 Å². The maximum Gasteiger partial charge on any atom is 0.277 e. The van der Waals surface area contributed by atoms with Crippen molar-refractivity contribution < 1.29 is 4.92 Å². The Morgan fingerprint density at radius 2 is 2.33 bits per heavy atom. The molecule has 18 heavy (non-hydrogen) atoms. The predicted molar refractivity (Wildman–Crippen MR) is 69.9 cm³/mol. The topological polar surface area (TPSA) is 81.0 Å². The van der Waals surface area contributed by atoms with Crippen molar-refractivity contribution in [1.82, 2.24) is 9.97 Å². The second-order valence-corrected chi connectivity index (χ2v) is 4.69. The predicted octanol–water partition coefficient (Wildman–Crippen LogP) is 2.41. The van der Waals surface area contributed by atoms with Gasteiger partial charge in [-0.1, -0.05) is 0 Å². The van der Waals surface area contributed by atoms with E-state index in [1.54, 1.807) is 24.5 Å². The Bertz CT molecular complexity index is 542. The SMILES string of the molecule is Cc1cnc(NCCc2nccs2)cc1[N+](=O)[O-]. The molecule has 0 bridgehead atoms. The summed E-state index contributed by atoms with van der Waals surface area (Å²) in [5, 5.41) is 16.8. The number of nitrogens with one attached hydrogen (secondary N) is 1. The zero-order valence-electron chi connectivity index (χ0n) is 9.79. The second kappa shape index (κ2) is 5.54. The van der Waals surface area contributed by atoms with Gasteiger partial charge in [-0.05, 0) is 6.92 Å². The van der Waals surface area contributed by atoms with Crippen LogP contribution in [0.2, 0.25) is 0 Å². The molecule has 0 spiro atoms. The van der Waals surface area contributed by atoms with Crippen LogP contribution in [0.1, 0.15) is 10.6 Å². The van der Waals surface area contributed by atoms with E-state index < -0.39 is 4.92 Å². The van der Waals surface area contributed by atoms with Gasteiger partial charge >= 0.3 is 0 Å². The standard InChI is InChI=1S/C11H12N4O2S/c1-8-7-14-10(6-9(8)15(16)17)12-3-2-11-13-4-5-18-11/h4-7H,2-3H2,1H3,(H,12,14). The van der Waals surface area contributed by atoms with Crippen LogP contribution in [0.3, 0.4) is 0 Å². The van der Waals surface area contributed by atoms with Crippen molar-refractivity contribution in [2.45, 2.75) is 13.3 Å². The van der Waals surface area contributed by atoms with Gasteiger partial charge in [-0.2, -0.15) is 0 Å². The fourth-order valence-electron chi connectivity index (χ4n) is 1.48. The number of thiazole rings is 1. The van der Waals surface area contributed by atoms with Crippen molar-refractivity contribution in [2.75, 3.05) is 11.9 Å². The Labute approximate surface area is 108 Å². The van der Waals surface area contributed by atoms with Crippen molar-refractivity contribution in [3.63, 3.8) is 0 Å². The molecule has 0 radical (unpaired) electrons. The lowest BCUT2D eigenvalue weighted by molar-refractivity contribution is -0.385. The van der Waals surface area contributed by atoms with E-state index in [2.05, 4.69) is 15.3 Å². The zero-order chi connectivity index (χ0) is 13.0. The van der Waals surface area contributed by atoms with Crippen LogP contribution in [0.5, 0.6) is 0 Å². The number of hydrogen-bond acceptors (Lipinski definition) is 6. The van der Waals surface area contributed by atoms with Gasteiger partial charge in [0, 0.05) is 36.3 Å². The molecule has 0 aliphatic heterocycles. The molecule has 6 nitrogen and oxygen atoms in total. The lowest BCUT2D eigenvalue weighted by atomic mass is 10.2. The summed E-state index contributed by atoms with van der Waals surface area (Å²) in [6.45, 7) is 2.32. The normalized spacial score (nSPS) is 10.3. The highest BCUT2D eigenvalue weighted by atomic mass is 32.1. The first-order valence-corrected chi connectivity index (χ1v) is 6.28. The second-order valence-electron chi connectivity index (χ2n) is 3.72. The van der Waals surface area contributed by atoms with Gasteiger partial charge in [0.05, 0.1) is 16.0 Å². The summed E-state index contributed by atoms with van der Waals surface area (Å²) in [4.78, 5) is 18.6. The van der Waals surface area contributed by atoms with Gasteiger partial charge in [-0.3, -0.25) is 10.1 Å². The Morgan fingerprint density at radius 1 is 1.50 bits per heavy atom. The average molecular weight is 264 g/mol. The van der Waals surface area contributed by atoms with Gasteiger partial charge in [-0.25, -0.2) is 9.97 Å². The van der Waals surface area contributed by atoms with Gasteiger partial charge in [0.15, 0.2) is 0 Å². The van der Waals surface area contributed by atoms with Crippen LogP contribution in [-0.2, 0) is 6.42 Å². The molecule has 0 aromatic carbocycles. The molecular formula is C11H12N4O2S. The molecule has 0 saturated heterocycles. The van der Waals surface area contributed by atoms with E-state index in [0.29, 0.717) is 17.9 Å². The van der Waals surface area contributed by atoms with E-state index in [1.165, 1.54) is 12.3 Å². The first-order valence-electron chi connectivity index (χ1n) is 5.40. The number of aromatic nitrogens is 2. The quantitative estimate of drug-likeness (QED) is 0.662. The molecule has 0 saturated carbocycles. The molecule has 1 N–H and O–H groups in total. The number of hydrogen-bond donors (Lipinski definition) is 1. The molecular weight excluding hydrogens is 252 g/mol. The van der Waals surface area contributed by atoms with E-state index in [-0.39, 0.29) is 5.69 Å². The maximum absolute atomic E-state index is 10.8. The molecule has 0 atom stereocenters. The van der Waals surface area contributed by atoms with Crippen molar-refractivity contribution in [3.8, 4) is 0 Å². The Balaban J connectivity index is 1.97. The first kappa shape index (κ1) is 12.4. The molecule has 0 aliphatic carbocycles. The van der Waals surface area contributed by atoms with Gasteiger partial charge in [-0.15, -0.1) is 11.3 Å². The van der Waals surface area contributed by atoms with E-state index in [0.717, 1.165) is 11.4 Å². The van der Waals surface area contributed by atoms with Crippen LogP contribution < -0.4 is 5.32 Å². The Hall–Kier alpha value is -2.02. The molecule has 0 aliphatic rings. The van der Waals surface area contributed by atoms with Crippen molar-refractivity contribution in [2.24, 2.45) is 0 Å². The monoisotopic (exact) mass is 264 g/mol. The van der Waals surface area contributed by atoms with Crippen LogP contribution in [0.25, 0.3) is 0 Å². The minimum Gasteiger partial charge on any atom is -0.369 e. The highest BCUT2D eigenvalue weighted by Gasteiger charge is 2.11. The fraction of sp³-hybridized carbons (Fsp3) is 0.273. The average Bonchev–Trinajstić information content (AvgIpc) is 2.84. The number of pyridine rings is 1. The van der Waals surface area contributed by atoms with Crippen LogP contribution >= 0.6 is 11.3 Å². The van der Waals surface area contributed by atoms with E-state index >= 15 is 0 Å². The van der Waals surface area contributed by atoms with Crippen LogP contribution in [0.4, 0.5) is 11.5 Å². The Morgan fingerprint density at radius 3 is 3.00 bits per heavy atom. The summed E-state index contributed by atoms with van der Waals surface area (Å²) in [5.74, 6) is 0.517. The van der Waals surface area contributed by atoms with E-state index in [9.17, 15) is 10.1 Å². The molecule has 2 aromatic rings. The van der Waals surface area contributed by atoms with Gasteiger partial charge in [0.2, 0.25) is 0 Å². The first-order chi connectivity index (χ1) is 8.66. The van der Waals surface area contributed by atoms with Crippen molar-refractivity contribution in [1.29, 1.82) is 0 Å². The van der Waals surface area contributed by atoms with Gasteiger partial charge in [0.25, 0.3) is 5.69 Å². The highest BCUT2D eigenvalue weighted by molar-refractivity contribution is 7.09. The fourth-order valence-corrected chi connectivity index (χ4v) is 2.10. The maximum atomic E-state index is 10.8. The molecule has 0 amide bonds. The number of rotatable bonds is 5. The number of nitrogens with zero attached hydrogens (tertiary/aromatic N) is 3. The smallest absolute Gasteiger partial charge is 0.277 e. The number of aryl methyl sites for hydroxylation is 1. The summed E-state index contributed by atoms with van der Waals surface area (Å²) in [6.07, 6.45) is 4.04. The summed E-state index contributed by atoms with van der Waals surface area (Å²) < 4.78 is 0. The molecule has 2 aromatic heterocycles. The highest BCUT2D eigenvalue weighted by Crippen LogP contribution is 2.19. The molecule has 94 valence electrons. The lowest BCUT2D eigenvalue weighted by Gasteiger charge is -2.04. The third-order valence-electron chi connectivity index (χ3n) is 2.40. The van der Waals surface area contributed by atoms with E-state index in [1.807, 2.05) is 5.38 Å². The summed E-state index contributed by atoms with van der Waals surface area (Å²) in [6, 6.07) is 1.46.